The molecule has 1 aliphatic rings. The lowest BCUT2D eigenvalue weighted by atomic mass is 9.86. The van der Waals surface area contributed by atoms with Gasteiger partial charge in [-0.15, -0.1) is 0 Å². The Hall–Kier alpha value is -0.290. The summed E-state index contributed by atoms with van der Waals surface area (Å²) in [4.78, 5) is 1.84. The molecule has 0 aliphatic heterocycles. The molecule has 0 aromatic carbocycles. The van der Waals surface area contributed by atoms with Crippen molar-refractivity contribution in [2.45, 2.75) is 44.8 Å². The fourth-order valence-corrected chi connectivity index (χ4v) is 2.49. The Morgan fingerprint density at radius 2 is 1.76 bits per heavy atom. The number of alkyl halides is 3. The van der Waals surface area contributed by atoms with Crippen LogP contribution in [0.4, 0.5) is 13.2 Å². The molecule has 0 spiro atoms. The summed E-state index contributed by atoms with van der Waals surface area (Å²) in [7, 11) is 1.79. The van der Waals surface area contributed by atoms with Gasteiger partial charge in [-0.3, -0.25) is 0 Å². The van der Waals surface area contributed by atoms with Crippen LogP contribution in [-0.4, -0.2) is 37.3 Å². The predicted molar refractivity (Wildman–Crippen MR) is 62.6 cm³/mol. The van der Waals surface area contributed by atoms with Gasteiger partial charge in [0.2, 0.25) is 0 Å². The highest BCUT2D eigenvalue weighted by Gasteiger charge is 2.39. The summed E-state index contributed by atoms with van der Waals surface area (Å²) < 4.78 is 37.8. The largest absolute Gasteiger partial charge is 0.394 e. The minimum atomic E-state index is -4.18. The monoisotopic (exact) mass is 252 g/mol. The van der Waals surface area contributed by atoms with Gasteiger partial charge in [0.1, 0.15) is 0 Å². The second-order valence-corrected chi connectivity index (χ2v) is 5.33. The number of halogens is 3. The van der Waals surface area contributed by atoms with E-state index in [1.165, 1.54) is 0 Å². The third kappa shape index (κ3) is 4.47. The molecule has 1 fully saturated rings. The highest BCUT2D eigenvalue weighted by atomic mass is 19.4. The average molecular weight is 252 g/mol. The number of rotatable bonds is 4. The molecule has 2 N–H and O–H groups in total. The lowest BCUT2D eigenvalue weighted by molar-refractivity contribution is -0.177. The molecule has 0 aromatic heterocycles. The van der Waals surface area contributed by atoms with E-state index in [-0.39, 0.29) is 13.1 Å². The average Bonchev–Trinajstić information content (AvgIpc) is 2.24. The Morgan fingerprint density at radius 3 is 2.18 bits per heavy atom. The molecule has 1 aliphatic carbocycles. The van der Waals surface area contributed by atoms with Crippen molar-refractivity contribution in [3.8, 4) is 0 Å². The molecule has 0 bridgehead atoms. The van der Waals surface area contributed by atoms with Gasteiger partial charge in [-0.2, -0.15) is 13.2 Å². The Balaban J connectivity index is 2.44. The standard InChI is InChI=1S/C12H23F3N2/c1-9-3-5-11(6-4-9)17(2)8-10(7-16)12(13,14)15/h9-11H,3-8,16H2,1-2H3. The first-order valence-corrected chi connectivity index (χ1v) is 6.31. The van der Waals surface area contributed by atoms with Crippen LogP contribution in [-0.2, 0) is 0 Å². The van der Waals surface area contributed by atoms with Crippen molar-refractivity contribution in [2.75, 3.05) is 20.1 Å². The maximum Gasteiger partial charge on any atom is 0.394 e. The minimum Gasteiger partial charge on any atom is -0.330 e. The molecule has 17 heavy (non-hydrogen) atoms. The Morgan fingerprint density at radius 1 is 1.24 bits per heavy atom. The van der Waals surface area contributed by atoms with Crippen LogP contribution in [0.25, 0.3) is 0 Å². The van der Waals surface area contributed by atoms with Crippen molar-refractivity contribution in [3.05, 3.63) is 0 Å². The van der Waals surface area contributed by atoms with E-state index in [2.05, 4.69) is 6.92 Å². The number of nitrogens with two attached hydrogens (primary N) is 1. The van der Waals surface area contributed by atoms with Gasteiger partial charge in [-0.1, -0.05) is 6.92 Å². The molecule has 0 aromatic rings. The van der Waals surface area contributed by atoms with Gasteiger partial charge >= 0.3 is 6.18 Å². The summed E-state index contributed by atoms with van der Waals surface area (Å²) in [6, 6.07) is 0.294. The van der Waals surface area contributed by atoms with E-state index in [1.54, 1.807) is 7.05 Å². The summed E-state index contributed by atoms with van der Waals surface area (Å²) in [5.74, 6) is -0.681. The summed E-state index contributed by atoms with van der Waals surface area (Å²) in [6.07, 6.45) is 0.0766. The lowest BCUT2D eigenvalue weighted by Gasteiger charge is -2.35. The topological polar surface area (TPSA) is 29.3 Å². The van der Waals surface area contributed by atoms with E-state index in [0.29, 0.717) is 12.0 Å². The van der Waals surface area contributed by atoms with Crippen LogP contribution >= 0.6 is 0 Å². The van der Waals surface area contributed by atoms with Crippen molar-refractivity contribution >= 4 is 0 Å². The van der Waals surface area contributed by atoms with Crippen molar-refractivity contribution < 1.29 is 13.2 Å². The highest BCUT2D eigenvalue weighted by Crippen LogP contribution is 2.30. The van der Waals surface area contributed by atoms with Crippen LogP contribution in [0.5, 0.6) is 0 Å². The third-order valence-corrected chi connectivity index (χ3v) is 3.86. The van der Waals surface area contributed by atoms with E-state index in [4.69, 9.17) is 5.73 Å². The molecule has 1 atom stereocenters. The Labute approximate surface area is 101 Å². The van der Waals surface area contributed by atoms with Crippen LogP contribution in [0, 0.1) is 11.8 Å². The third-order valence-electron chi connectivity index (χ3n) is 3.86. The van der Waals surface area contributed by atoms with Gasteiger partial charge in [0.25, 0.3) is 0 Å². The summed E-state index contributed by atoms with van der Waals surface area (Å²) >= 11 is 0. The fraction of sp³-hybridized carbons (Fsp3) is 1.00. The maximum absolute atomic E-state index is 12.6. The van der Waals surface area contributed by atoms with Crippen LogP contribution in [0.15, 0.2) is 0 Å². The maximum atomic E-state index is 12.6. The Bertz CT molecular complexity index is 222. The lowest BCUT2D eigenvalue weighted by Crippen LogP contribution is -2.44. The molecule has 5 heteroatoms. The first kappa shape index (κ1) is 14.8. The van der Waals surface area contributed by atoms with Crippen LogP contribution in [0.2, 0.25) is 0 Å². The summed E-state index contributed by atoms with van der Waals surface area (Å²) in [6.45, 7) is 1.91. The number of nitrogens with zero attached hydrogens (tertiary/aromatic N) is 1. The Kier molecular flexibility index (Phi) is 5.25. The van der Waals surface area contributed by atoms with E-state index in [9.17, 15) is 13.2 Å². The molecule has 2 nitrogen and oxygen atoms in total. The van der Waals surface area contributed by atoms with Crippen molar-refractivity contribution in [3.63, 3.8) is 0 Å². The molecule has 1 unspecified atom stereocenters. The minimum absolute atomic E-state index is 0.0268. The molecule has 0 heterocycles. The SMILES string of the molecule is CC1CCC(N(C)CC(CN)C(F)(F)F)CC1. The van der Waals surface area contributed by atoms with Crippen molar-refractivity contribution in [1.82, 2.24) is 4.90 Å². The molecule has 1 saturated carbocycles. The summed E-state index contributed by atoms with van der Waals surface area (Å²) in [5.41, 5.74) is 5.21. The first-order chi connectivity index (χ1) is 7.84. The molecular weight excluding hydrogens is 229 g/mol. The van der Waals surface area contributed by atoms with Crippen LogP contribution in [0.1, 0.15) is 32.6 Å². The number of hydrogen-bond donors (Lipinski definition) is 1. The smallest absolute Gasteiger partial charge is 0.330 e. The number of hydrogen-bond acceptors (Lipinski definition) is 2. The second-order valence-electron chi connectivity index (χ2n) is 5.33. The van der Waals surface area contributed by atoms with E-state index >= 15 is 0 Å². The van der Waals surface area contributed by atoms with Gasteiger partial charge in [0.05, 0.1) is 5.92 Å². The van der Waals surface area contributed by atoms with Crippen LogP contribution < -0.4 is 5.73 Å². The van der Waals surface area contributed by atoms with E-state index in [1.807, 2.05) is 4.90 Å². The van der Waals surface area contributed by atoms with Gasteiger partial charge < -0.3 is 10.6 Å². The van der Waals surface area contributed by atoms with Gasteiger partial charge in [0, 0.05) is 19.1 Å². The predicted octanol–water partition coefficient (Wildman–Crippen LogP) is 2.63. The zero-order valence-corrected chi connectivity index (χ0v) is 10.6. The molecule has 102 valence electrons. The molecular formula is C12H23F3N2. The quantitative estimate of drug-likeness (QED) is 0.833. The van der Waals surface area contributed by atoms with Gasteiger partial charge in [-0.25, -0.2) is 0 Å². The first-order valence-electron chi connectivity index (χ1n) is 6.31. The van der Waals surface area contributed by atoms with Gasteiger partial charge in [0.15, 0.2) is 0 Å². The zero-order valence-electron chi connectivity index (χ0n) is 10.6. The van der Waals surface area contributed by atoms with Gasteiger partial charge in [-0.05, 0) is 38.6 Å². The molecule has 0 radical (unpaired) electrons. The molecule has 0 amide bonds. The van der Waals surface area contributed by atoms with E-state index < -0.39 is 12.1 Å². The van der Waals surface area contributed by atoms with Crippen LogP contribution in [0.3, 0.4) is 0 Å². The second kappa shape index (κ2) is 6.05. The highest BCUT2D eigenvalue weighted by molar-refractivity contribution is 4.80. The summed E-state index contributed by atoms with van der Waals surface area (Å²) in [5, 5.41) is 0. The van der Waals surface area contributed by atoms with Crippen molar-refractivity contribution in [1.29, 1.82) is 0 Å². The van der Waals surface area contributed by atoms with E-state index in [0.717, 1.165) is 25.7 Å². The molecule has 1 rings (SSSR count). The zero-order chi connectivity index (χ0) is 13.1. The molecule has 0 saturated heterocycles. The van der Waals surface area contributed by atoms with Crippen molar-refractivity contribution in [2.24, 2.45) is 17.6 Å². The normalized spacial score (nSPS) is 28.4. The fourth-order valence-electron chi connectivity index (χ4n) is 2.49.